The van der Waals surface area contributed by atoms with Crippen LogP contribution in [0.25, 0.3) is 0 Å². The summed E-state index contributed by atoms with van der Waals surface area (Å²) in [4.78, 5) is 22.0. The summed E-state index contributed by atoms with van der Waals surface area (Å²) in [5, 5.41) is 10.5. The molecule has 1 aliphatic heterocycles. The Morgan fingerprint density at radius 2 is 1.87 bits per heavy atom. The van der Waals surface area contributed by atoms with Crippen LogP contribution < -0.4 is 10.6 Å². The van der Waals surface area contributed by atoms with E-state index in [1.54, 1.807) is 6.26 Å². The van der Waals surface area contributed by atoms with Crippen molar-refractivity contribution in [1.82, 2.24) is 25.6 Å². The van der Waals surface area contributed by atoms with E-state index >= 15 is 0 Å². The van der Waals surface area contributed by atoms with E-state index in [9.17, 15) is 4.79 Å². The van der Waals surface area contributed by atoms with Gasteiger partial charge < -0.3 is 24.8 Å². The molecule has 31 heavy (non-hydrogen) atoms. The van der Waals surface area contributed by atoms with Gasteiger partial charge in [0.2, 0.25) is 0 Å². The van der Waals surface area contributed by atoms with Gasteiger partial charge in [-0.1, -0.05) is 19.0 Å². The Balaban J connectivity index is 2.00. The lowest BCUT2D eigenvalue weighted by molar-refractivity contribution is 0.0451. The molecule has 0 saturated carbocycles. The molecule has 1 saturated heterocycles. The summed E-state index contributed by atoms with van der Waals surface area (Å²) < 4.78 is 10.4. The second-order valence-electron chi connectivity index (χ2n) is 9.04. The van der Waals surface area contributed by atoms with Gasteiger partial charge in [-0.3, -0.25) is 9.89 Å². The van der Waals surface area contributed by atoms with E-state index in [0.29, 0.717) is 6.54 Å². The van der Waals surface area contributed by atoms with E-state index in [4.69, 9.17) is 14.3 Å². The number of piperazine rings is 1. The minimum absolute atomic E-state index is 0.391. The number of carbonyl (C=O) groups excluding carboxylic acids is 1. The van der Waals surface area contributed by atoms with Gasteiger partial charge in [0.1, 0.15) is 11.9 Å². The van der Waals surface area contributed by atoms with Crippen molar-refractivity contribution in [3.63, 3.8) is 0 Å². The summed E-state index contributed by atoms with van der Waals surface area (Å²) in [6.45, 7) is 17.6. The van der Waals surface area contributed by atoms with E-state index in [-0.39, 0.29) is 0 Å². The van der Waals surface area contributed by atoms with Gasteiger partial charge >= 0.3 is 6.09 Å². The molecule has 2 rings (SSSR count). The third kappa shape index (κ3) is 8.05. The molecule has 1 amide bonds. The first-order valence-electron chi connectivity index (χ1n) is 11.4. The average molecular weight is 437 g/mol. The van der Waals surface area contributed by atoms with Crippen LogP contribution in [0.2, 0.25) is 0 Å². The first kappa shape index (κ1) is 25.0. The molecule has 0 spiro atoms. The molecule has 9 heteroatoms. The molecule has 1 aromatic heterocycles. The van der Waals surface area contributed by atoms with E-state index in [0.717, 1.165) is 63.8 Å². The molecule has 176 valence electrons. The van der Waals surface area contributed by atoms with Gasteiger partial charge in [0.15, 0.2) is 5.96 Å². The van der Waals surface area contributed by atoms with Crippen molar-refractivity contribution in [3.8, 4) is 0 Å². The van der Waals surface area contributed by atoms with Crippen molar-refractivity contribution in [2.45, 2.75) is 72.1 Å². The lowest BCUT2D eigenvalue weighted by Crippen LogP contribution is -2.54. The van der Waals surface area contributed by atoms with Crippen LogP contribution in [0.4, 0.5) is 4.79 Å². The summed E-state index contributed by atoms with van der Waals surface area (Å²) in [5.41, 5.74) is -0.00299. The number of alkyl carbamates (subject to hydrolysis) is 1. The largest absolute Gasteiger partial charge is 0.444 e. The van der Waals surface area contributed by atoms with E-state index in [1.165, 1.54) is 0 Å². The van der Waals surface area contributed by atoms with Crippen LogP contribution in [0.5, 0.6) is 0 Å². The Bertz CT molecular complexity index is 687. The molecule has 2 N–H and O–H groups in total. The predicted octanol–water partition coefficient (Wildman–Crippen LogP) is 2.84. The Labute approximate surface area is 186 Å². The fourth-order valence-electron chi connectivity index (χ4n) is 3.53. The Kier molecular flexibility index (Phi) is 9.15. The van der Waals surface area contributed by atoms with Gasteiger partial charge in [0.05, 0.1) is 17.8 Å². The fourth-order valence-corrected chi connectivity index (χ4v) is 3.53. The van der Waals surface area contributed by atoms with Gasteiger partial charge in [-0.25, -0.2) is 4.79 Å². The van der Waals surface area contributed by atoms with Crippen LogP contribution >= 0.6 is 0 Å². The van der Waals surface area contributed by atoms with E-state index in [1.807, 2.05) is 26.8 Å². The van der Waals surface area contributed by atoms with Gasteiger partial charge in [-0.15, -0.1) is 0 Å². The van der Waals surface area contributed by atoms with Crippen LogP contribution in [0.1, 0.15) is 60.1 Å². The lowest BCUT2D eigenvalue weighted by Gasteiger charge is -2.37. The van der Waals surface area contributed by atoms with Crippen LogP contribution in [0, 0.1) is 0 Å². The molecule has 0 bridgehead atoms. The molecule has 0 aromatic carbocycles. The molecular weight excluding hydrogens is 396 g/mol. The van der Waals surface area contributed by atoms with Crippen LogP contribution in [0.3, 0.4) is 0 Å². The highest BCUT2D eigenvalue weighted by Gasteiger charge is 2.31. The third-order valence-electron chi connectivity index (χ3n) is 5.53. The Morgan fingerprint density at radius 3 is 2.39 bits per heavy atom. The smallest absolute Gasteiger partial charge is 0.408 e. The highest BCUT2D eigenvalue weighted by atomic mass is 16.6. The quantitative estimate of drug-likeness (QED) is 0.478. The Morgan fingerprint density at radius 1 is 1.19 bits per heavy atom. The number of aliphatic imine (C=N–C) groups is 1. The van der Waals surface area contributed by atoms with Crippen molar-refractivity contribution >= 4 is 12.1 Å². The number of nitrogens with one attached hydrogen (secondary N) is 2. The topological polar surface area (TPSA) is 95.2 Å². The van der Waals surface area contributed by atoms with Crippen molar-refractivity contribution in [1.29, 1.82) is 0 Å². The molecule has 1 aliphatic rings. The maximum Gasteiger partial charge on any atom is 0.408 e. The average Bonchev–Trinajstić information content (AvgIpc) is 3.22. The second kappa shape index (κ2) is 11.4. The molecule has 9 nitrogen and oxygen atoms in total. The zero-order valence-corrected chi connectivity index (χ0v) is 20.0. The first-order chi connectivity index (χ1) is 14.7. The predicted molar refractivity (Wildman–Crippen MR) is 122 cm³/mol. The van der Waals surface area contributed by atoms with Crippen molar-refractivity contribution in [2.24, 2.45) is 4.99 Å². The van der Waals surface area contributed by atoms with Gasteiger partial charge in [0.25, 0.3) is 0 Å². The Hall–Kier alpha value is -2.29. The molecule has 2 heterocycles. The molecule has 0 radical (unpaired) electrons. The molecular formula is C22H40N6O3. The number of hydrogen-bond donors (Lipinski definition) is 2. The normalized spacial score (nSPS) is 16.3. The monoisotopic (exact) mass is 436 g/mol. The minimum atomic E-state index is -0.527. The molecule has 0 atom stereocenters. The van der Waals surface area contributed by atoms with E-state index in [2.05, 4.69) is 46.4 Å². The summed E-state index contributed by atoms with van der Waals surface area (Å²) >= 11 is 0. The van der Waals surface area contributed by atoms with Crippen LogP contribution in [-0.4, -0.2) is 77.4 Å². The summed E-state index contributed by atoms with van der Waals surface area (Å²) in [7, 11) is 0. The number of amides is 1. The number of rotatable bonds is 8. The molecule has 1 aromatic rings. The van der Waals surface area contributed by atoms with Gasteiger partial charge in [0, 0.05) is 45.3 Å². The summed E-state index contributed by atoms with van der Waals surface area (Å²) in [6, 6.07) is 1.91. The van der Waals surface area contributed by atoms with Gasteiger partial charge in [-0.05, 0) is 40.5 Å². The number of ether oxygens (including phenoxy) is 1. The fraction of sp³-hybridized carbons (Fsp3) is 0.773. The van der Waals surface area contributed by atoms with Crippen molar-refractivity contribution in [3.05, 3.63) is 18.0 Å². The molecule has 0 unspecified atom stereocenters. The number of aromatic nitrogens is 1. The maximum absolute atomic E-state index is 12.4. The third-order valence-corrected chi connectivity index (χ3v) is 5.53. The van der Waals surface area contributed by atoms with Gasteiger partial charge in [-0.2, -0.15) is 0 Å². The summed E-state index contributed by atoms with van der Waals surface area (Å²) in [5.74, 6) is 0.890. The zero-order chi connectivity index (χ0) is 22.9. The standard InChI is InChI=1S/C22H40N6O3/c1-7-22(8-2,25-20(29)31-21(4,5)6)17-24-19(23-9-3)28-13-11-27(12-14-28)16-18-10-15-30-26-18/h10,15H,7-9,11-14,16-17H2,1-6H3,(H,23,24)(H,25,29). The molecule has 0 aliphatic carbocycles. The van der Waals surface area contributed by atoms with Crippen molar-refractivity contribution in [2.75, 3.05) is 39.3 Å². The minimum Gasteiger partial charge on any atom is -0.444 e. The van der Waals surface area contributed by atoms with E-state index < -0.39 is 17.2 Å². The highest BCUT2D eigenvalue weighted by molar-refractivity contribution is 5.80. The highest BCUT2D eigenvalue weighted by Crippen LogP contribution is 2.18. The number of carbonyl (C=O) groups is 1. The number of guanidine groups is 1. The SMILES string of the molecule is CCNC(=NCC(CC)(CC)NC(=O)OC(C)(C)C)N1CCN(Cc2ccon2)CC1. The second-order valence-corrected chi connectivity index (χ2v) is 9.04. The zero-order valence-electron chi connectivity index (χ0n) is 20.0. The maximum atomic E-state index is 12.4. The van der Waals surface area contributed by atoms with Crippen molar-refractivity contribution < 1.29 is 14.1 Å². The van der Waals surface area contributed by atoms with Crippen LogP contribution in [-0.2, 0) is 11.3 Å². The first-order valence-corrected chi connectivity index (χ1v) is 11.4. The summed E-state index contributed by atoms with van der Waals surface area (Å²) in [6.07, 6.45) is 2.77. The van der Waals surface area contributed by atoms with Crippen LogP contribution in [0.15, 0.2) is 21.8 Å². The number of nitrogens with zero attached hydrogens (tertiary/aromatic N) is 4. The number of hydrogen-bond acceptors (Lipinski definition) is 6. The lowest BCUT2D eigenvalue weighted by atomic mass is 9.93. The molecule has 1 fully saturated rings.